The van der Waals surface area contributed by atoms with Gasteiger partial charge in [0.2, 0.25) is 11.8 Å². The van der Waals surface area contributed by atoms with Crippen LogP contribution in [0.3, 0.4) is 0 Å². The summed E-state index contributed by atoms with van der Waals surface area (Å²) in [6, 6.07) is 11.0. The number of hydrogen-bond donors (Lipinski definition) is 1. The molecule has 1 atom stereocenters. The lowest BCUT2D eigenvalue weighted by molar-refractivity contribution is -0.128. The van der Waals surface area contributed by atoms with E-state index in [2.05, 4.69) is 10.3 Å². The van der Waals surface area contributed by atoms with Crippen LogP contribution in [0.15, 0.2) is 41.4 Å². The van der Waals surface area contributed by atoms with E-state index < -0.39 is 5.25 Å². The van der Waals surface area contributed by atoms with Crippen LogP contribution in [-0.4, -0.2) is 40.8 Å². The van der Waals surface area contributed by atoms with Crippen molar-refractivity contribution < 1.29 is 14.3 Å². The summed E-state index contributed by atoms with van der Waals surface area (Å²) < 4.78 is 5.34. The van der Waals surface area contributed by atoms with Gasteiger partial charge in [0, 0.05) is 23.7 Å². The molecule has 3 rings (SSSR count). The second kappa shape index (κ2) is 9.53. The lowest BCUT2D eigenvalue weighted by Gasteiger charge is -2.14. The third kappa shape index (κ3) is 5.15. The number of rotatable bonds is 6. The Morgan fingerprint density at radius 3 is 2.57 bits per heavy atom. The largest absolute Gasteiger partial charge is 0.494 e. The minimum absolute atomic E-state index is 0.0681. The number of nitrogens with zero attached hydrogens (tertiary/aromatic N) is 2. The van der Waals surface area contributed by atoms with Crippen LogP contribution in [0.25, 0.3) is 0 Å². The normalized spacial score (nSPS) is 17.5. The fourth-order valence-electron chi connectivity index (χ4n) is 3.30. The van der Waals surface area contributed by atoms with E-state index in [9.17, 15) is 9.59 Å². The van der Waals surface area contributed by atoms with Gasteiger partial charge in [0.15, 0.2) is 5.17 Å². The van der Waals surface area contributed by atoms with Crippen LogP contribution in [0.1, 0.15) is 24.5 Å². The summed E-state index contributed by atoms with van der Waals surface area (Å²) in [7, 11) is 1.55. The van der Waals surface area contributed by atoms with Gasteiger partial charge < -0.3 is 10.1 Å². The van der Waals surface area contributed by atoms with Gasteiger partial charge in [-0.2, -0.15) is 0 Å². The van der Waals surface area contributed by atoms with E-state index in [1.165, 1.54) is 11.8 Å². The summed E-state index contributed by atoms with van der Waals surface area (Å²) in [5, 5.41) is 3.43. The molecule has 1 fully saturated rings. The molecule has 0 radical (unpaired) electrons. The number of amidine groups is 1. The van der Waals surface area contributed by atoms with Gasteiger partial charge in [0.25, 0.3) is 0 Å². The summed E-state index contributed by atoms with van der Waals surface area (Å²) in [5.74, 6) is 0.230. The second-order valence-electron chi connectivity index (χ2n) is 7.03. The van der Waals surface area contributed by atoms with E-state index in [-0.39, 0.29) is 18.2 Å². The van der Waals surface area contributed by atoms with Gasteiger partial charge in [-0.25, -0.2) is 4.99 Å². The zero-order chi connectivity index (χ0) is 21.8. The predicted molar refractivity (Wildman–Crippen MR) is 123 cm³/mol. The van der Waals surface area contributed by atoms with E-state index in [4.69, 9.17) is 16.3 Å². The van der Waals surface area contributed by atoms with Crippen LogP contribution in [0.4, 0.5) is 11.4 Å². The van der Waals surface area contributed by atoms with Crippen molar-refractivity contribution in [2.24, 2.45) is 4.99 Å². The molecule has 1 saturated heterocycles. The molecule has 2 aromatic rings. The average Bonchev–Trinajstić information content (AvgIpc) is 2.95. The van der Waals surface area contributed by atoms with E-state index >= 15 is 0 Å². The maximum atomic E-state index is 12.8. The second-order valence-corrected chi connectivity index (χ2v) is 8.63. The Hall–Kier alpha value is -2.51. The molecule has 0 spiro atoms. The molecule has 30 heavy (non-hydrogen) atoms. The number of anilines is 1. The van der Waals surface area contributed by atoms with Crippen LogP contribution >= 0.6 is 23.4 Å². The van der Waals surface area contributed by atoms with Gasteiger partial charge in [-0.05, 0) is 62.2 Å². The van der Waals surface area contributed by atoms with Crippen molar-refractivity contribution in [2.75, 3.05) is 19.0 Å². The first-order chi connectivity index (χ1) is 14.3. The van der Waals surface area contributed by atoms with Gasteiger partial charge in [0.05, 0.1) is 7.11 Å². The van der Waals surface area contributed by atoms with E-state index in [1.54, 1.807) is 30.2 Å². The molecule has 1 N–H and O–H groups in total. The van der Waals surface area contributed by atoms with Crippen molar-refractivity contribution in [3.05, 3.63) is 52.5 Å². The highest BCUT2D eigenvalue weighted by Crippen LogP contribution is 2.36. The van der Waals surface area contributed by atoms with Crippen molar-refractivity contribution in [1.29, 1.82) is 0 Å². The summed E-state index contributed by atoms with van der Waals surface area (Å²) in [5.41, 5.74) is 3.41. The summed E-state index contributed by atoms with van der Waals surface area (Å²) in [6.45, 7) is 6.29. The number of halogens is 1. The Balaban J connectivity index is 1.77. The Labute approximate surface area is 185 Å². The zero-order valence-electron chi connectivity index (χ0n) is 17.4. The Kier molecular flexibility index (Phi) is 7.05. The van der Waals surface area contributed by atoms with E-state index in [0.29, 0.717) is 28.2 Å². The van der Waals surface area contributed by atoms with Crippen molar-refractivity contribution in [3.8, 4) is 5.75 Å². The topological polar surface area (TPSA) is 71.0 Å². The maximum Gasteiger partial charge on any atom is 0.242 e. The molecule has 2 amide bonds. The van der Waals surface area contributed by atoms with Crippen molar-refractivity contribution in [3.63, 3.8) is 0 Å². The van der Waals surface area contributed by atoms with Crippen LogP contribution in [0.5, 0.6) is 5.75 Å². The van der Waals surface area contributed by atoms with Crippen LogP contribution in [-0.2, 0) is 9.59 Å². The average molecular weight is 446 g/mol. The molecule has 6 nitrogen and oxygen atoms in total. The number of ether oxygens (including phenoxy) is 1. The zero-order valence-corrected chi connectivity index (χ0v) is 18.9. The molecule has 0 saturated carbocycles. The maximum absolute atomic E-state index is 12.8. The minimum Gasteiger partial charge on any atom is -0.494 e. The van der Waals surface area contributed by atoms with Crippen LogP contribution in [0, 0.1) is 13.8 Å². The molecule has 1 aliphatic heterocycles. The van der Waals surface area contributed by atoms with Gasteiger partial charge in [-0.3, -0.25) is 14.5 Å². The van der Waals surface area contributed by atoms with Crippen LogP contribution < -0.4 is 10.1 Å². The first kappa shape index (κ1) is 22.2. The SMILES string of the molecule is CCN1C(=O)[C@H](CC(=O)Nc2cc(C)cc(C)c2)SC1=Nc1cc(Cl)ccc1OC. The summed E-state index contributed by atoms with van der Waals surface area (Å²) in [4.78, 5) is 31.6. The minimum atomic E-state index is -0.528. The number of hydrogen-bond acceptors (Lipinski definition) is 5. The van der Waals surface area contributed by atoms with E-state index in [1.807, 2.05) is 39.0 Å². The van der Waals surface area contributed by atoms with Crippen LogP contribution in [0.2, 0.25) is 5.02 Å². The van der Waals surface area contributed by atoms with Gasteiger partial charge in [-0.15, -0.1) is 0 Å². The number of aryl methyl sites for hydroxylation is 2. The first-order valence-corrected chi connectivity index (χ1v) is 10.8. The Bertz CT molecular complexity index is 989. The number of aliphatic imine (C=N–C) groups is 1. The number of thioether (sulfide) groups is 1. The highest BCUT2D eigenvalue weighted by molar-refractivity contribution is 8.15. The number of amides is 2. The number of benzene rings is 2. The number of carbonyl (C=O) groups is 2. The standard InChI is InChI=1S/C22H24ClN3O3S/c1-5-26-21(28)19(12-20(27)24-16-9-13(2)8-14(3)10-16)30-22(26)25-17-11-15(23)6-7-18(17)29-4/h6-11,19H,5,12H2,1-4H3,(H,24,27)/t19-/m0/s1. The van der Waals surface area contributed by atoms with Gasteiger partial charge >= 0.3 is 0 Å². The molecule has 158 valence electrons. The summed E-state index contributed by atoms with van der Waals surface area (Å²) >= 11 is 7.37. The number of carbonyl (C=O) groups excluding carboxylic acids is 2. The number of nitrogens with one attached hydrogen (secondary N) is 1. The fraction of sp³-hybridized carbons (Fsp3) is 0.318. The lowest BCUT2D eigenvalue weighted by Crippen LogP contribution is -2.33. The van der Waals surface area contributed by atoms with Crippen molar-refractivity contribution in [1.82, 2.24) is 4.90 Å². The summed E-state index contributed by atoms with van der Waals surface area (Å²) in [6.07, 6.45) is 0.0681. The molecule has 0 unspecified atom stereocenters. The molecule has 2 aromatic carbocycles. The molecule has 1 aliphatic rings. The Morgan fingerprint density at radius 2 is 1.93 bits per heavy atom. The molecule has 1 heterocycles. The predicted octanol–water partition coefficient (Wildman–Crippen LogP) is 4.95. The van der Waals surface area contributed by atoms with Gasteiger partial charge in [0.1, 0.15) is 16.7 Å². The lowest BCUT2D eigenvalue weighted by atomic mass is 10.1. The quantitative estimate of drug-likeness (QED) is 0.683. The molecule has 8 heteroatoms. The monoisotopic (exact) mass is 445 g/mol. The highest BCUT2D eigenvalue weighted by Gasteiger charge is 2.38. The van der Waals surface area contributed by atoms with Gasteiger partial charge in [-0.1, -0.05) is 29.4 Å². The van der Waals surface area contributed by atoms with E-state index in [0.717, 1.165) is 16.8 Å². The molecule has 0 bridgehead atoms. The fourth-order valence-corrected chi connectivity index (χ4v) is 4.68. The van der Waals surface area contributed by atoms with Crippen molar-refractivity contribution in [2.45, 2.75) is 32.4 Å². The number of methoxy groups -OCH3 is 1. The smallest absolute Gasteiger partial charge is 0.242 e. The first-order valence-electron chi connectivity index (χ1n) is 9.59. The van der Waals surface area contributed by atoms with Crippen molar-refractivity contribution >= 4 is 51.7 Å². The molecule has 0 aromatic heterocycles. The Morgan fingerprint density at radius 1 is 1.23 bits per heavy atom. The molecular weight excluding hydrogens is 422 g/mol. The highest BCUT2D eigenvalue weighted by atomic mass is 35.5. The third-order valence-corrected chi connectivity index (χ3v) is 5.98. The molecule has 0 aliphatic carbocycles. The molecular formula is C22H24ClN3O3S. The third-order valence-electron chi connectivity index (χ3n) is 4.57.